The molecule has 8 heteroatoms. The molecule has 1 atom stereocenters. The number of aliphatic carboxylic acids is 1. The van der Waals surface area contributed by atoms with Crippen molar-refractivity contribution >= 4 is 40.4 Å². The van der Waals surface area contributed by atoms with Gasteiger partial charge in [0.1, 0.15) is 0 Å². The van der Waals surface area contributed by atoms with Crippen molar-refractivity contribution in [3.05, 3.63) is 48.0 Å². The van der Waals surface area contributed by atoms with E-state index in [1.165, 1.54) is 7.11 Å². The Balaban J connectivity index is 1.65. The summed E-state index contributed by atoms with van der Waals surface area (Å²) >= 11 is 0. The largest absolute Gasteiger partial charge is 0.481 e. The van der Waals surface area contributed by atoms with Crippen molar-refractivity contribution in [2.45, 2.75) is 57.5 Å². The molecule has 0 radical (unpaired) electrons. The SMILES string of the molecule is COC(=O)N1c2ccc3c(nc(N(C)c4ccccc4)n3[C@H]3CC[C@H](C(=O)O)CC3)c2CC[C@@H]1C. The number of ether oxygens (including phenoxy) is 1. The number of aryl methyl sites for hydroxylation is 1. The number of para-hydroxylation sites is 1. The fourth-order valence-electron chi connectivity index (χ4n) is 5.71. The summed E-state index contributed by atoms with van der Waals surface area (Å²) in [5.74, 6) is -0.146. The zero-order valence-electron chi connectivity index (χ0n) is 20.5. The van der Waals surface area contributed by atoms with E-state index in [2.05, 4.69) is 27.7 Å². The summed E-state index contributed by atoms with van der Waals surface area (Å²) in [7, 11) is 3.43. The highest BCUT2D eigenvalue weighted by atomic mass is 16.5. The molecule has 1 amide bonds. The molecule has 1 fully saturated rings. The highest BCUT2D eigenvalue weighted by Gasteiger charge is 2.34. The van der Waals surface area contributed by atoms with Crippen molar-refractivity contribution in [3.63, 3.8) is 0 Å². The van der Waals surface area contributed by atoms with Gasteiger partial charge in [-0.2, -0.15) is 0 Å². The molecule has 1 aromatic heterocycles. The number of methoxy groups -OCH3 is 1. The molecule has 1 N–H and O–H groups in total. The van der Waals surface area contributed by atoms with Crippen LogP contribution >= 0.6 is 0 Å². The van der Waals surface area contributed by atoms with Gasteiger partial charge in [0.25, 0.3) is 0 Å². The third-order valence-electron chi connectivity index (χ3n) is 7.66. The third-order valence-corrected chi connectivity index (χ3v) is 7.66. The van der Waals surface area contributed by atoms with Gasteiger partial charge in [-0.25, -0.2) is 9.78 Å². The van der Waals surface area contributed by atoms with Crippen molar-refractivity contribution in [1.29, 1.82) is 0 Å². The molecule has 184 valence electrons. The quantitative estimate of drug-likeness (QED) is 0.533. The van der Waals surface area contributed by atoms with Gasteiger partial charge in [-0.05, 0) is 69.7 Å². The normalized spacial score (nSPS) is 22.0. The van der Waals surface area contributed by atoms with E-state index in [-0.39, 0.29) is 24.1 Å². The Morgan fingerprint density at radius 1 is 1.06 bits per heavy atom. The maximum Gasteiger partial charge on any atom is 0.414 e. The molecule has 0 unspecified atom stereocenters. The molecular formula is C27H32N4O4. The zero-order valence-corrected chi connectivity index (χ0v) is 20.5. The van der Waals surface area contributed by atoms with Gasteiger partial charge in [0.2, 0.25) is 5.95 Å². The van der Waals surface area contributed by atoms with Gasteiger partial charge in [0.05, 0.1) is 29.7 Å². The second kappa shape index (κ2) is 9.24. The van der Waals surface area contributed by atoms with E-state index in [0.717, 1.165) is 59.6 Å². The lowest BCUT2D eigenvalue weighted by Crippen LogP contribution is -2.42. The molecule has 0 spiro atoms. The van der Waals surface area contributed by atoms with Crippen LogP contribution in [0.4, 0.5) is 22.1 Å². The Hall–Kier alpha value is -3.55. The monoisotopic (exact) mass is 476 g/mol. The van der Waals surface area contributed by atoms with E-state index in [4.69, 9.17) is 9.72 Å². The Kier molecular flexibility index (Phi) is 6.13. The number of aromatic nitrogens is 2. The van der Waals surface area contributed by atoms with Crippen molar-refractivity contribution < 1.29 is 19.4 Å². The van der Waals surface area contributed by atoms with E-state index in [1.54, 1.807) is 4.90 Å². The number of rotatable bonds is 4. The molecule has 1 aliphatic heterocycles. The summed E-state index contributed by atoms with van der Waals surface area (Å²) in [6.45, 7) is 2.04. The summed E-state index contributed by atoms with van der Waals surface area (Å²) in [5.41, 5.74) is 4.88. The predicted octanol–water partition coefficient (Wildman–Crippen LogP) is 5.53. The number of fused-ring (bicyclic) bond motifs is 3. The first-order chi connectivity index (χ1) is 16.9. The van der Waals surface area contributed by atoms with Crippen LogP contribution in [0, 0.1) is 5.92 Å². The van der Waals surface area contributed by atoms with Crippen LogP contribution in [0.15, 0.2) is 42.5 Å². The van der Waals surface area contributed by atoms with Gasteiger partial charge in [-0.15, -0.1) is 0 Å². The molecule has 2 heterocycles. The standard InChI is InChI=1S/C27H32N4O4/c1-17-9-14-21-22(30(17)27(34)35-3)15-16-23-24(21)28-26(29(2)19-7-5-4-6-8-19)31(23)20-12-10-18(11-13-20)25(32)33/h4-8,15-18,20H,9-14H2,1-3H3,(H,32,33)/t17-,18-,20-/m0/s1. The minimum absolute atomic E-state index is 0.0484. The van der Waals surface area contributed by atoms with E-state index < -0.39 is 5.97 Å². The number of hydrogen-bond acceptors (Lipinski definition) is 5. The fraction of sp³-hybridized carbons (Fsp3) is 0.444. The van der Waals surface area contributed by atoms with Crippen molar-refractivity contribution in [1.82, 2.24) is 9.55 Å². The van der Waals surface area contributed by atoms with Crippen LogP contribution in [0.2, 0.25) is 0 Å². The summed E-state index contributed by atoms with van der Waals surface area (Å²) in [6, 6.07) is 14.4. The number of benzene rings is 2. The average Bonchev–Trinajstić information content (AvgIpc) is 3.28. The molecule has 0 bridgehead atoms. The fourth-order valence-corrected chi connectivity index (χ4v) is 5.71. The molecule has 2 aromatic carbocycles. The molecule has 3 aromatic rings. The Bertz CT molecular complexity index is 1250. The first-order valence-electron chi connectivity index (χ1n) is 12.3. The van der Waals surface area contributed by atoms with Gasteiger partial charge >= 0.3 is 12.1 Å². The number of amides is 1. The average molecular weight is 477 g/mol. The minimum Gasteiger partial charge on any atom is -0.481 e. The van der Waals surface area contributed by atoms with Gasteiger partial charge in [-0.3, -0.25) is 9.69 Å². The molecule has 8 nitrogen and oxygen atoms in total. The molecule has 1 saturated carbocycles. The minimum atomic E-state index is -0.702. The number of hydrogen-bond donors (Lipinski definition) is 1. The van der Waals surface area contributed by atoms with Gasteiger partial charge in [0.15, 0.2) is 0 Å². The first-order valence-corrected chi connectivity index (χ1v) is 12.3. The van der Waals surface area contributed by atoms with Crippen molar-refractivity contribution in [3.8, 4) is 0 Å². The summed E-state index contributed by atoms with van der Waals surface area (Å²) in [6.07, 6.45) is 4.21. The van der Waals surface area contributed by atoms with Crippen LogP contribution < -0.4 is 9.80 Å². The van der Waals surface area contributed by atoms with Gasteiger partial charge in [0, 0.05) is 30.4 Å². The smallest absolute Gasteiger partial charge is 0.414 e. The maximum atomic E-state index is 12.6. The number of carbonyl (C=O) groups is 2. The molecule has 5 rings (SSSR count). The number of carboxylic acids is 1. The van der Waals surface area contributed by atoms with Crippen LogP contribution in [-0.4, -0.2) is 46.9 Å². The molecule has 1 aliphatic carbocycles. The Morgan fingerprint density at radius 3 is 2.43 bits per heavy atom. The lowest BCUT2D eigenvalue weighted by atomic mass is 9.86. The second-order valence-corrected chi connectivity index (χ2v) is 9.68. The Labute approximate surface area is 205 Å². The van der Waals surface area contributed by atoms with Crippen LogP contribution in [0.3, 0.4) is 0 Å². The highest BCUT2D eigenvalue weighted by Crippen LogP contribution is 2.42. The predicted molar refractivity (Wildman–Crippen MR) is 136 cm³/mol. The number of imidazole rings is 1. The molecule has 2 aliphatic rings. The topological polar surface area (TPSA) is 87.9 Å². The second-order valence-electron chi connectivity index (χ2n) is 9.68. The lowest BCUT2D eigenvalue weighted by molar-refractivity contribution is -0.143. The number of nitrogens with zero attached hydrogens (tertiary/aromatic N) is 4. The van der Waals surface area contributed by atoms with E-state index in [9.17, 15) is 14.7 Å². The van der Waals surface area contributed by atoms with Crippen LogP contribution in [0.5, 0.6) is 0 Å². The van der Waals surface area contributed by atoms with Crippen molar-refractivity contribution in [2.24, 2.45) is 5.92 Å². The molecular weight excluding hydrogens is 444 g/mol. The number of carboxylic acid groups (broad SMARTS) is 1. The van der Waals surface area contributed by atoms with E-state index in [1.807, 2.05) is 38.2 Å². The molecule has 0 saturated heterocycles. The number of anilines is 3. The van der Waals surface area contributed by atoms with Crippen LogP contribution in [0.25, 0.3) is 11.0 Å². The van der Waals surface area contributed by atoms with E-state index in [0.29, 0.717) is 12.8 Å². The van der Waals surface area contributed by atoms with Gasteiger partial charge < -0.3 is 19.3 Å². The Morgan fingerprint density at radius 2 is 1.77 bits per heavy atom. The van der Waals surface area contributed by atoms with Crippen LogP contribution in [-0.2, 0) is 16.0 Å². The number of carbonyl (C=O) groups excluding carboxylic acids is 1. The highest BCUT2D eigenvalue weighted by molar-refractivity contribution is 5.96. The zero-order chi connectivity index (χ0) is 24.7. The van der Waals surface area contributed by atoms with Crippen molar-refractivity contribution in [2.75, 3.05) is 24.0 Å². The summed E-state index contributed by atoms with van der Waals surface area (Å²) in [5, 5.41) is 9.49. The van der Waals surface area contributed by atoms with Crippen LogP contribution in [0.1, 0.15) is 50.6 Å². The lowest BCUT2D eigenvalue weighted by Gasteiger charge is -2.34. The third kappa shape index (κ3) is 4.00. The van der Waals surface area contributed by atoms with E-state index >= 15 is 0 Å². The summed E-state index contributed by atoms with van der Waals surface area (Å²) in [4.78, 5) is 33.1. The maximum absolute atomic E-state index is 12.6. The summed E-state index contributed by atoms with van der Waals surface area (Å²) < 4.78 is 7.38. The molecule has 35 heavy (non-hydrogen) atoms. The first kappa shape index (κ1) is 23.2. The van der Waals surface area contributed by atoms with Gasteiger partial charge in [-0.1, -0.05) is 18.2 Å².